The second-order valence-electron chi connectivity index (χ2n) is 7.39. The van der Waals surface area contributed by atoms with Gasteiger partial charge in [0.15, 0.2) is 5.78 Å². The zero-order valence-electron chi connectivity index (χ0n) is 16.5. The number of rotatable bonds is 9. The Bertz CT molecular complexity index is 701. The predicted octanol–water partition coefficient (Wildman–Crippen LogP) is 1.53. The number of ketones is 1. The number of Topliss-reactive ketones (excluding diaryl/α,β-unsaturated/α-hetero) is 1. The van der Waals surface area contributed by atoms with Crippen LogP contribution in [-0.4, -0.2) is 56.9 Å². The summed E-state index contributed by atoms with van der Waals surface area (Å²) < 4.78 is 42.2. The molecule has 0 amide bonds. The highest BCUT2D eigenvalue weighted by molar-refractivity contribution is 7.48. The molecule has 0 saturated carbocycles. The Morgan fingerprint density at radius 2 is 1.97 bits per heavy atom. The van der Waals surface area contributed by atoms with Gasteiger partial charge in [-0.25, -0.2) is 9.09 Å². The molecule has 0 radical (unpaired) electrons. The van der Waals surface area contributed by atoms with Gasteiger partial charge in [-0.1, -0.05) is 13.8 Å². The van der Waals surface area contributed by atoms with Gasteiger partial charge in [0.2, 0.25) is 6.79 Å². The van der Waals surface area contributed by atoms with Gasteiger partial charge in [-0.2, -0.15) is 0 Å². The minimum Gasteiger partial charge on any atom is -0.469 e. The molecule has 2 saturated heterocycles. The first kappa shape index (κ1) is 23.5. The van der Waals surface area contributed by atoms with Crippen LogP contribution in [0.3, 0.4) is 0 Å². The van der Waals surface area contributed by atoms with Crippen LogP contribution in [0, 0.1) is 11.3 Å². The molecule has 0 N–H and O–H groups in total. The van der Waals surface area contributed by atoms with Crippen molar-refractivity contribution in [1.82, 2.24) is 0 Å². The molecular weight excluding hydrogens is 411 g/mol. The molecule has 164 valence electrons. The number of ether oxygens (including phenoxy) is 3. The lowest BCUT2D eigenvalue weighted by atomic mass is 9.84. The highest BCUT2D eigenvalue weighted by Crippen LogP contribution is 2.57. The van der Waals surface area contributed by atoms with E-state index in [1.54, 1.807) is 13.8 Å². The molecule has 2 heterocycles. The Morgan fingerprint density at radius 3 is 2.59 bits per heavy atom. The van der Waals surface area contributed by atoms with E-state index in [0.717, 1.165) is 0 Å². The van der Waals surface area contributed by atoms with Gasteiger partial charge in [0.25, 0.3) is 0 Å². The molecule has 2 aliphatic heterocycles. The van der Waals surface area contributed by atoms with Crippen LogP contribution in [0.1, 0.15) is 39.5 Å². The molecule has 2 aliphatic rings. The first-order valence-electron chi connectivity index (χ1n) is 9.05. The van der Waals surface area contributed by atoms with Gasteiger partial charge in [-0.15, -0.1) is 0 Å². The monoisotopic (exact) mass is 436 g/mol. The normalized spacial score (nSPS) is 28.4. The molecule has 12 heteroatoms. The van der Waals surface area contributed by atoms with Gasteiger partial charge < -0.3 is 14.2 Å². The number of carbonyl (C=O) groups is 4. The van der Waals surface area contributed by atoms with Crippen LogP contribution in [0.4, 0.5) is 0 Å². The Labute approximate surface area is 167 Å². The van der Waals surface area contributed by atoms with Crippen molar-refractivity contribution in [2.75, 3.05) is 27.1 Å². The fourth-order valence-corrected chi connectivity index (χ4v) is 4.29. The maximum atomic E-state index is 12.7. The highest BCUT2D eigenvalue weighted by Gasteiger charge is 2.48. The van der Waals surface area contributed by atoms with Crippen molar-refractivity contribution < 1.29 is 51.5 Å². The summed E-state index contributed by atoms with van der Waals surface area (Å²) in [6, 6.07) is 0. The minimum atomic E-state index is -4.15. The van der Waals surface area contributed by atoms with Crippen molar-refractivity contribution >= 4 is 31.5 Å². The van der Waals surface area contributed by atoms with Crippen molar-refractivity contribution in [3.63, 3.8) is 0 Å². The van der Waals surface area contributed by atoms with Crippen molar-refractivity contribution in [2.45, 2.75) is 45.6 Å². The lowest BCUT2D eigenvalue weighted by Gasteiger charge is -2.39. The Hall–Kier alpha value is -1.81. The highest BCUT2D eigenvalue weighted by atomic mass is 31.2. The van der Waals surface area contributed by atoms with Crippen LogP contribution < -0.4 is 0 Å². The lowest BCUT2D eigenvalue weighted by molar-refractivity contribution is -0.159. The Kier molecular flexibility index (Phi) is 7.93. The molecule has 0 aliphatic carbocycles. The number of hydrogen-bond donors (Lipinski definition) is 0. The van der Waals surface area contributed by atoms with E-state index >= 15 is 0 Å². The second kappa shape index (κ2) is 9.80. The summed E-state index contributed by atoms with van der Waals surface area (Å²) in [7, 11) is -2.89. The molecule has 29 heavy (non-hydrogen) atoms. The Balaban J connectivity index is 1.86. The van der Waals surface area contributed by atoms with E-state index in [2.05, 4.69) is 9.47 Å². The van der Waals surface area contributed by atoms with Crippen LogP contribution >= 0.6 is 7.82 Å². The second-order valence-corrected chi connectivity index (χ2v) is 9.01. The third-order valence-electron chi connectivity index (χ3n) is 4.47. The smallest absolute Gasteiger partial charge is 0.469 e. The SMILES string of the molecule is COC(=O)CCCC(=O)[C@@H]1OP(=O)(OCOC(=O)[C@@H]2COC(=O)C2)OCC1(C)C. The predicted molar refractivity (Wildman–Crippen MR) is 94.2 cm³/mol. The average Bonchev–Trinajstić information content (AvgIpc) is 3.10. The van der Waals surface area contributed by atoms with Crippen molar-refractivity contribution in [2.24, 2.45) is 11.3 Å². The maximum absolute atomic E-state index is 12.7. The van der Waals surface area contributed by atoms with E-state index in [4.69, 9.17) is 18.3 Å². The average molecular weight is 436 g/mol. The van der Waals surface area contributed by atoms with Gasteiger partial charge in [0.05, 0.1) is 20.1 Å². The maximum Gasteiger partial charge on any atom is 0.478 e. The number of phosphoric ester groups is 1. The van der Waals surface area contributed by atoms with Gasteiger partial charge in [-0.05, 0) is 6.42 Å². The molecule has 11 nitrogen and oxygen atoms in total. The summed E-state index contributed by atoms with van der Waals surface area (Å²) in [6.45, 7) is 2.51. The van der Waals surface area contributed by atoms with Crippen LogP contribution in [0.15, 0.2) is 0 Å². The molecule has 2 fully saturated rings. The molecule has 0 aromatic carbocycles. The standard InChI is InChI=1S/C17H25O11P/c1-17(2)9-26-29(22,27-10-25-16(21)11-7-14(20)24-8-11)28-15(17)12(18)5-4-6-13(19)23-3/h11,15H,4-10H2,1-3H3/t11-,15-,29?/m0/s1. The van der Waals surface area contributed by atoms with Gasteiger partial charge in [0.1, 0.15) is 18.6 Å². The van der Waals surface area contributed by atoms with E-state index in [1.165, 1.54) is 7.11 Å². The number of esters is 3. The van der Waals surface area contributed by atoms with Crippen LogP contribution in [0.2, 0.25) is 0 Å². The fraction of sp³-hybridized carbons (Fsp3) is 0.765. The molecule has 2 rings (SSSR count). The van der Waals surface area contributed by atoms with E-state index in [1.807, 2.05) is 0 Å². The minimum absolute atomic E-state index is 0.0217. The topological polar surface area (TPSA) is 141 Å². The van der Waals surface area contributed by atoms with Gasteiger partial charge in [0, 0.05) is 18.3 Å². The first-order valence-corrected chi connectivity index (χ1v) is 10.5. The molecule has 0 aromatic rings. The van der Waals surface area contributed by atoms with Crippen LogP contribution in [0.5, 0.6) is 0 Å². The molecule has 1 unspecified atom stereocenters. The molecule has 0 spiro atoms. The van der Waals surface area contributed by atoms with E-state index in [-0.39, 0.29) is 44.7 Å². The lowest BCUT2D eigenvalue weighted by Crippen LogP contribution is -2.44. The molecule has 3 atom stereocenters. The summed E-state index contributed by atoms with van der Waals surface area (Å²) in [5.74, 6) is -2.78. The number of hydrogen-bond acceptors (Lipinski definition) is 11. The fourth-order valence-electron chi connectivity index (χ4n) is 2.76. The summed E-state index contributed by atoms with van der Waals surface area (Å²) in [5, 5.41) is 0. The third-order valence-corrected chi connectivity index (χ3v) is 5.80. The van der Waals surface area contributed by atoms with Crippen LogP contribution in [0.25, 0.3) is 0 Å². The summed E-state index contributed by atoms with van der Waals surface area (Å²) in [4.78, 5) is 46.5. The zero-order chi connectivity index (χ0) is 21.7. The van der Waals surface area contributed by atoms with Crippen molar-refractivity contribution in [3.8, 4) is 0 Å². The van der Waals surface area contributed by atoms with Crippen LogP contribution in [-0.2, 0) is 51.5 Å². The largest absolute Gasteiger partial charge is 0.478 e. The quantitative estimate of drug-likeness (QED) is 0.225. The number of phosphoric acid groups is 1. The number of cyclic esters (lactones) is 1. The van der Waals surface area contributed by atoms with Crippen molar-refractivity contribution in [1.29, 1.82) is 0 Å². The van der Waals surface area contributed by atoms with E-state index < -0.39 is 50.0 Å². The molecular formula is C17H25O11P. The summed E-state index contributed by atoms with van der Waals surface area (Å²) >= 11 is 0. The third kappa shape index (κ3) is 6.60. The molecule has 0 bridgehead atoms. The molecule has 0 aromatic heterocycles. The van der Waals surface area contributed by atoms with Gasteiger partial charge in [-0.3, -0.25) is 28.2 Å². The number of methoxy groups -OCH3 is 1. The summed E-state index contributed by atoms with van der Waals surface area (Å²) in [5.41, 5.74) is -0.780. The van der Waals surface area contributed by atoms with E-state index in [0.29, 0.717) is 0 Å². The summed E-state index contributed by atoms with van der Waals surface area (Å²) in [6.07, 6.45) is -0.832. The van der Waals surface area contributed by atoms with Crippen molar-refractivity contribution in [3.05, 3.63) is 0 Å². The first-order chi connectivity index (χ1) is 13.6. The van der Waals surface area contributed by atoms with Gasteiger partial charge >= 0.3 is 25.7 Å². The zero-order valence-corrected chi connectivity index (χ0v) is 17.4. The Morgan fingerprint density at radius 1 is 1.24 bits per heavy atom. The van der Waals surface area contributed by atoms with E-state index in [9.17, 15) is 23.7 Å². The number of carbonyl (C=O) groups excluding carboxylic acids is 4.